The number of carboxylic acids is 1. The Balaban J connectivity index is 3.41. The van der Waals surface area contributed by atoms with Crippen LogP contribution in [0.15, 0.2) is 23.1 Å². The molecule has 1 aromatic rings. The van der Waals surface area contributed by atoms with E-state index in [0.717, 1.165) is 13.1 Å². The molecule has 0 aromatic heterocycles. The van der Waals surface area contributed by atoms with E-state index >= 15 is 0 Å². The van der Waals surface area contributed by atoms with Crippen LogP contribution in [0.5, 0.6) is 0 Å². The predicted molar refractivity (Wildman–Crippen MR) is 68.1 cm³/mol. The summed E-state index contributed by atoms with van der Waals surface area (Å²) >= 11 is 5.53. The first-order valence-corrected chi connectivity index (χ1v) is 7.01. The number of hydrogen-bond acceptors (Lipinski definition) is 3. The van der Waals surface area contributed by atoms with E-state index in [1.165, 1.54) is 26.0 Å². The van der Waals surface area contributed by atoms with Crippen LogP contribution >= 0.6 is 11.6 Å². The third-order valence-electron chi connectivity index (χ3n) is 2.87. The van der Waals surface area contributed by atoms with Crippen LogP contribution in [0.25, 0.3) is 0 Å². The molecule has 1 aromatic carbocycles. The Morgan fingerprint density at radius 1 is 1.42 bits per heavy atom. The van der Waals surface area contributed by atoms with Gasteiger partial charge in [-0.3, -0.25) is 4.79 Å². The van der Waals surface area contributed by atoms with Crippen molar-refractivity contribution < 1.29 is 22.7 Å². The van der Waals surface area contributed by atoms with Gasteiger partial charge in [0.25, 0.3) is 0 Å². The van der Waals surface area contributed by atoms with E-state index in [0.29, 0.717) is 4.31 Å². The molecular weight excluding hydrogens is 297 g/mol. The Kier molecular flexibility index (Phi) is 4.23. The maximum Gasteiger partial charge on any atom is 0.324 e. The fourth-order valence-corrected chi connectivity index (χ4v) is 3.06. The molecule has 0 aliphatic heterocycles. The number of carbonyl (C=O) groups is 1. The van der Waals surface area contributed by atoms with E-state index < -0.39 is 32.2 Å². The Morgan fingerprint density at radius 3 is 2.42 bits per heavy atom. The highest BCUT2D eigenvalue weighted by Gasteiger charge is 2.41. The van der Waals surface area contributed by atoms with E-state index in [2.05, 4.69) is 0 Å². The van der Waals surface area contributed by atoms with Gasteiger partial charge in [-0.15, -0.1) is 0 Å². The molecule has 8 heteroatoms. The van der Waals surface area contributed by atoms with E-state index in [1.54, 1.807) is 0 Å². The summed E-state index contributed by atoms with van der Waals surface area (Å²) in [4.78, 5) is 10.4. The van der Waals surface area contributed by atoms with Gasteiger partial charge in [-0.1, -0.05) is 17.7 Å². The second-order valence-electron chi connectivity index (χ2n) is 4.39. The van der Waals surface area contributed by atoms with Gasteiger partial charge >= 0.3 is 5.97 Å². The second kappa shape index (κ2) is 5.07. The first-order chi connectivity index (χ1) is 8.52. The summed E-state index contributed by atoms with van der Waals surface area (Å²) in [7, 11) is -3.23. The molecule has 0 radical (unpaired) electrons. The molecule has 5 nitrogen and oxygen atoms in total. The molecule has 0 aliphatic rings. The average Bonchev–Trinajstić information content (AvgIpc) is 2.31. The molecule has 0 bridgehead atoms. The van der Waals surface area contributed by atoms with Crippen LogP contribution in [0.4, 0.5) is 4.39 Å². The largest absolute Gasteiger partial charge is 0.480 e. The SMILES string of the molecule is CN(C(C)(C)C(=O)O)S(=O)(=O)c1cccc(Cl)c1F. The summed E-state index contributed by atoms with van der Waals surface area (Å²) in [5.41, 5.74) is -1.71. The maximum atomic E-state index is 13.8. The number of halogens is 2. The summed E-state index contributed by atoms with van der Waals surface area (Å²) in [5.74, 6) is -2.45. The van der Waals surface area contributed by atoms with Gasteiger partial charge in [-0.25, -0.2) is 12.8 Å². The Morgan fingerprint density at radius 2 is 1.95 bits per heavy atom. The van der Waals surface area contributed by atoms with Crippen LogP contribution in [0.3, 0.4) is 0 Å². The molecule has 19 heavy (non-hydrogen) atoms. The van der Waals surface area contributed by atoms with Crippen molar-refractivity contribution in [2.24, 2.45) is 0 Å². The smallest absolute Gasteiger partial charge is 0.324 e. The monoisotopic (exact) mass is 309 g/mol. The van der Waals surface area contributed by atoms with Gasteiger partial charge in [0.1, 0.15) is 10.4 Å². The van der Waals surface area contributed by atoms with Crippen molar-refractivity contribution in [1.29, 1.82) is 0 Å². The highest BCUT2D eigenvalue weighted by atomic mass is 35.5. The van der Waals surface area contributed by atoms with Crippen molar-refractivity contribution in [2.45, 2.75) is 24.3 Å². The summed E-state index contributed by atoms with van der Waals surface area (Å²) in [6.07, 6.45) is 0. The van der Waals surface area contributed by atoms with Crippen molar-refractivity contribution in [3.63, 3.8) is 0 Å². The molecule has 0 unspecified atom stereocenters. The minimum atomic E-state index is -4.30. The number of likely N-dealkylation sites (N-methyl/N-ethyl adjacent to an activating group) is 1. The molecule has 1 N–H and O–H groups in total. The lowest BCUT2D eigenvalue weighted by atomic mass is 10.1. The molecule has 0 aliphatic carbocycles. The highest BCUT2D eigenvalue weighted by molar-refractivity contribution is 7.89. The lowest BCUT2D eigenvalue weighted by molar-refractivity contribution is -0.145. The minimum Gasteiger partial charge on any atom is -0.480 e. The second-order valence-corrected chi connectivity index (χ2v) is 6.73. The molecule has 0 heterocycles. The third-order valence-corrected chi connectivity index (χ3v) is 5.21. The predicted octanol–water partition coefficient (Wildman–Crippen LogP) is 1.96. The Labute approximate surface area is 115 Å². The van der Waals surface area contributed by atoms with Gasteiger partial charge < -0.3 is 5.11 Å². The van der Waals surface area contributed by atoms with Crippen LogP contribution in [0.1, 0.15) is 13.8 Å². The maximum absolute atomic E-state index is 13.8. The van der Waals surface area contributed by atoms with Gasteiger partial charge in [0, 0.05) is 7.05 Å². The van der Waals surface area contributed by atoms with E-state index in [-0.39, 0.29) is 5.02 Å². The lowest BCUT2D eigenvalue weighted by Gasteiger charge is -2.30. The number of carboxylic acid groups (broad SMARTS) is 1. The van der Waals surface area contributed by atoms with Crippen LogP contribution in [-0.4, -0.2) is 36.4 Å². The lowest BCUT2D eigenvalue weighted by Crippen LogP contribution is -2.50. The molecule has 0 saturated heterocycles. The molecule has 0 fully saturated rings. The topological polar surface area (TPSA) is 74.7 Å². The van der Waals surface area contributed by atoms with Gasteiger partial charge in [0.05, 0.1) is 5.02 Å². The first-order valence-electron chi connectivity index (χ1n) is 5.19. The van der Waals surface area contributed by atoms with E-state index in [9.17, 15) is 17.6 Å². The van der Waals surface area contributed by atoms with Crippen LogP contribution in [0, 0.1) is 5.82 Å². The van der Waals surface area contributed by atoms with Crippen molar-refractivity contribution in [2.75, 3.05) is 7.05 Å². The molecule has 0 spiro atoms. The fourth-order valence-electron chi connectivity index (χ4n) is 1.27. The zero-order valence-electron chi connectivity index (χ0n) is 10.5. The first kappa shape index (κ1) is 15.9. The average molecular weight is 310 g/mol. The van der Waals surface area contributed by atoms with Crippen molar-refractivity contribution >= 4 is 27.6 Å². The summed E-state index contributed by atoms with van der Waals surface area (Å²) < 4.78 is 38.8. The molecule has 0 amide bonds. The molecule has 0 saturated carbocycles. The molecule has 106 valence electrons. The Hall–Kier alpha value is -1.18. The Bertz CT molecular complexity index is 615. The van der Waals surface area contributed by atoms with Crippen LogP contribution in [-0.2, 0) is 14.8 Å². The normalized spacial score (nSPS) is 12.7. The van der Waals surface area contributed by atoms with Crippen molar-refractivity contribution in [1.82, 2.24) is 4.31 Å². The summed E-state index contributed by atoms with van der Waals surface area (Å²) in [6.45, 7) is 2.41. The van der Waals surface area contributed by atoms with E-state index in [4.69, 9.17) is 16.7 Å². The van der Waals surface area contributed by atoms with Crippen LogP contribution < -0.4 is 0 Å². The standard InChI is InChI=1S/C11H13ClFNO4S/c1-11(2,10(15)16)14(3)19(17,18)8-6-4-5-7(12)9(8)13/h4-6H,1-3H3,(H,15,16). The van der Waals surface area contributed by atoms with Crippen LogP contribution in [0.2, 0.25) is 5.02 Å². The quantitative estimate of drug-likeness (QED) is 0.922. The van der Waals surface area contributed by atoms with Gasteiger partial charge in [-0.05, 0) is 26.0 Å². The third kappa shape index (κ3) is 2.72. The van der Waals surface area contributed by atoms with Gasteiger partial charge in [-0.2, -0.15) is 4.31 Å². The molecular formula is C11H13ClFNO4S. The zero-order valence-corrected chi connectivity index (χ0v) is 12.1. The number of nitrogens with zero attached hydrogens (tertiary/aromatic N) is 1. The van der Waals surface area contributed by atoms with Gasteiger partial charge in [0.15, 0.2) is 5.82 Å². The van der Waals surface area contributed by atoms with Crippen molar-refractivity contribution in [3.8, 4) is 0 Å². The van der Waals surface area contributed by atoms with Gasteiger partial charge in [0.2, 0.25) is 10.0 Å². The van der Waals surface area contributed by atoms with Crippen molar-refractivity contribution in [3.05, 3.63) is 29.0 Å². The minimum absolute atomic E-state index is 0.345. The molecule has 1 rings (SSSR count). The van der Waals surface area contributed by atoms with E-state index in [1.807, 2.05) is 0 Å². The summed E-state index contributed by atoms with van der Waals surface area (Å²) in [6, 6.07) is 3.52. The number of aliphatic carboxylic acids is 1. The molecule has 0 atom stereocenters. The fraction of sp³-hybridized carbons (Fsp3) is 0.364. The number of sulfonamides is 1. The zero-order chi connectivity index (χ0) is 15.0. The highest BCUT2D eigenvalue weighted by Crippen LogP contribution is 2.28. The number of benzene rings is 1. The summed E-state index contributed by atoms with van der Waals surface area (Å²) in [5, 5.41) is 8.68. The number of rotatable bonds is 4. The number of hydrogen-bond donors (Lipinski definition) is 1.